The minimum Gasteiger partial charge on any atom is -0.377 e. The first-order valence-electron chi connectivity index (χ1n) is 9.36. The van der Waals surface area contributed by atoms with E-state index in [0.717, 1.165) is 11.4 Å². The van der Waals surface area contributed by atoms with E-state index < -0.39 is 0 Å². The molecule has 7 heteroatoms. The van der Waals surface area contributed by atoms with Gasteiger partial charge in [-0.3, -0.25) is 14.7 Å². The first kappa shape index (κ1) is 18.5. The molecule has 2 aromatic heterocycles. The molecule has 3 heterocycles. The van der Waals surface area contributed by atoms with Crippen molar-refractivity contribution in [1.82, 2.24) is 24.8 Å². The molecule has 0 bridgehead atoms. The molecule has 1 N–H and O–H groups in total. The van der Waals surface area contributed by atoms with Gasteiger partial charge in [-0.15, -0.1) is 0 Å². The zero-order valence-electron chi connectivity index (χ0n) is 15.9. The Morgan fingerprint density at radius 2 is 2.07 bits per heavy atom. The van der Waals surface area contributed by atoms with E-state index in [9.17, 15) is 4.79 Å². The Bertz CT molecular complexity index is 991. The van der Waals surface area contributed by atoms with Gasteiger partial charge in [0.15, 0.2) is 0 Å². The lowest BCUT2D eigenvalue weighted by Gasteiger charge is -2.34. The first-order valence-corrected chi connectivity index (χ1v) is 9.36. The van der Waals surface area contributed by atoms with Gasteiger partial charge in [-0.1, -0.05) is 30.3 Å². The summed E-state index contributed by atoms with van der Waals surface area (Å²) in [4.78, 5) is 25.8. The third-order valence-corrected chi connectivity index (χ3v) is 5.31. The highest BCUT2D eigenvalue weighted by Crippen LogP contribution is 2.33. The van der Waals surface area contributed by atoms with Crippen LogP contribution >= 0.6 is 0 Å². The number of aromatic nitrogens is 4. The van der Waals surface area contributed by atoms with Crippen molar-refractivity contribution in [3.63, 3.8) is 0 Å². The van der Waals surface area contributed by atoms with Gasteiger partial charge in [-0.05, 0) is 25.0 Å². The maximum absolute atomic E-state index is 12.7. The summed E-state index contributed by atoms with van der Waals surface area (Å²) in [6.45, 7) is 2.57. The molecule has 0 aliphatic carbocycles. The smallest absolute Gasteiger partial charge is 0.255 e. The van der Waals surface area contributed by atoms with Gasteiger partial charge < -0.3 is 4.74 Å². The second-order valence-corrected chi connectivity index (χ2v) is 6.99. The van der Waals surface area contributed by atoms with E-state index >= 15 is 0 Å². The van der Waals surface area contributed by atoms with Gasteiger partial charge in [0.1, 0.15) is 12.2 Å². The lowest BCUT2D eigenvalue weighted by Crippen LogP contribution is -2.46. The summed E-state index contributed by atoms with van der Waals surface area (Å²) in [5.41, 5.74) is 2.25. The highest BCUT2D eigenvalue weighted by Gasteiger charge is 2.32. The maximum atomic E-state index is 12.7. The number of nitrogens with one attached hydrogen (secondary N) is 1. The van der Waals surface area contributed by atoms with Crippen LogP contribution in [0.3, 0.4) is 0 Å². The van der Waals surface area contributed by atoms with Crippen LogP contribution in [0.25, 0.3) is 11.4 Å². The lowest BCUT2D eigenvalue weighted by molar-refractivity contribution is 0.0806. The zero-order valence-corrected chi connectivity index (χ0v) is 15.9. The van der Waals surface area contributed by atoms with Gasteiger partial charge in [0.2, 0.25) is 0 Å². The Kier molecular flexibility index (Phi) is 5.27. The summed E-state index contributed by atoms with van der Waals surface area (Å²) < 4.78 is 7.49. The summed E-state index contributed by atoms with van der Waals surface area (Å²) >= 11 is 0. The molecular weight excluding hydrogens is 354 g/mol. The van der Waals surface area contributed by atoms with E-state index in [1.54, 1.807) is 23.9 Å². The minimum atomic E-state index is -0.0864. The van der Waals surface area contributed by atoms with Gasteiger partial charge >= 0.3 is 0 Å². The Balaban J connectivity index is 1.74. The summed E-state index contributed by atoms with van der Waals surface area (Å²) in [6, 6.07) is 13.6. The number of hydrogen-bond donors (Lipinski definition) is 1. The Morgan fingerprint density at radius 1 is 1.25 bits per heavy atom. The van der Waals surface area contributed by atoms with Crippen molar-refractivity contribution in [1.29, 1.82) is 0 Å². The third-order valence-electron chi connectivity index (χ3n) is 5.31. The normalized spacial score (nSPS) is 19.8. The van der Waals surface area contributed by atoms with Gasteiger partial charge in [0.25, 0.3) is 5.56 Å². The average Bonchev–Trinajstić information content (AvgIpc) is 2.74. The minimum absolute atomic E-state index is 0.0217. The molecule has 7 nitrogen and oxygen atoms in total. The molecule has 0 amide bonds. The third kappa shape index (κ3) is 3.58. The Labute approximate surface area is 163 Å². The van der Waals surface area contributed by atoms with E-state index in [4.69, 9.17) is 9.72 Å². The highest BCUT2D eigenvalue weighted by molar-refractivity contribution is 5.52. The molecule has 1 aliphatic rings. The molecule has 4 rings (SSSR count). The predicted octanol–water partition coefficient (Wildman–Crippen LogP) is 2.51. The molecule has 1 aliphatic heterocycles. The monoisotopic (exact) mass is 377 g/mol. The molecular formula is C21H23N5O2. The van der Waals surface area contributed by atoms with Crippen molar-refractivity contribution in [3.05, 3.63) is 76.7 Å². The zero-order chi connectivity index (χ0) is 19.5. The topological polar surface area (TPSA) is 81.9 Å². The number of rotatable bonds is 5. The van der Waals surface area contributed by atoms with Gasteiger partial charge in [-0.2, -0.15) is 0 Å². The van der Waals surface area contributed by atoms with Gasteiger partial charge in [0, 0.05) is 31.3 Å². The molecule has 0 saturated carbocycles. The molecule has 3 unspecified atom stereocenters. The van der Waals surface area contributed by atoms with E-state index in [1.807, 2.05) is 18.2 Å². The number of nitrogens with zero attached hydrogens (tertiary/aromatic N) is 4. The van der Waals surface area contributed by atoms with Crippen molar-refractivity contribution in [2.75, 3.05) is 7.11 Å². The molecule has 28 heavy (non-hydrogen) atoms. The number of ether oxygens (including phenoxy) is 1. The second kappa shape index (κ2) is 8.00. The van der Waals surface area contributed by atoms with E-state index in [-0.39, 0.29) is 23.6 Å². The van der Waals surface area contributed by atoms with Crippen molar-refractivity contribution < 1.29 is 4.74 Å². The predicted molar refractivity (Wildman–Crippen MR) is 106 cm³/mol. The van der Waals surface area contributed by atoms with Gasteiger partial charge in [0.05, 0.1) is 24.2 Å². The summed E-state index contributed by atoms with van der Waals surface area (Å²) in [5, 5.41) is 3.41. The maximum Gasteiger partial charge on any atom is 0.255 e. The number of methoxy groups -OCH3 is 1. The fourth-order valence-electron chi connectivity index (χ4n) is 3.72. The van der Waals surface area contributed by atoms with Crippen LogP contribution in [0.15, 0.2) is 59.8 Å². The second-order valence-electron chi connectivity index (χ2n) is 6.99. The highest BCUT2D eigenvalue weighted by atomic mass is 16.5. The fraction of sp³-hybridized carbons (Fsp3) is 0.333. The standard InChI is InChI=1S/C21H23N5O2/c1-14-16(10-19(28-2)15-6-4-3-5-7-15)21-25-18(17-8-9-22-12-23-17)11-20(27)26(21)13-24-14/h3-9,11-12,14,16,19,24H,10,13H2,1-2H3. The molecule has 1 aromatic carbocycles. The van der Waals surface area contributed by atoms with Crippen LogP contribution in [-0.2, 0) is 11.4 Å². The van der Waals surface area contributed by atoms with Crippen molar-refractivity contribution in [3.8, 4) is 11.4 Å². The SMILES string of the molecule is COC(CC1c2nc(-c3ccncn3)cc(=O)n2CNC1C)c1ccccc1. The van der Waals surface area contributed by atoms with Crippen LogP contribution in [0.4, 0.5) is 0 Å². The van der Waals surface area contributed by atoms with Crippen LogP contribution in [0, 0.1) is 0 Å². The lowest BCUT2D eigenvalue weighted by atomic mass is 9.89. The fourth-order valence-corrected chi connectivity index (χ4v) is 3.72. The number of benzene rings is 1. The van der Waals surface area contributed by atoms with Crippen LogP contribution in [0.1, 0.15) is 36.8 Å². The van der Waals surface area contributed by atoms with Crippen LogP contribution in [0.2, 0.25) is 0 Å². The van der Waals surface area contributed by atoms with Crippen molar-refractivity contribution in [2.45, 2.75) is 38.1 Å². The summed E-state index contributed by atoms with van der Waals surface area (Å²) in [6.07, 6.45) is 3.75. The molecule has 3 atom stereocenters. The molecule has 0 fully saturated rings. The molecule has 0 saturated heterocycles. The largest absolute Gasteiger partial charge is 0.377 e. The van der Waals surface area contributed by atoms with Crippen LogP contribution < -0.4 is 10.9 Å². The van der Waals surface area contributed by atoms with Crippen LogP contribution in [-0.4, -0.2) is 32.7 Å². The summed E-state index contributed by atoms with van der Waals surface area (Å²) in [7, 11) is 1.72. The first-order chi connectivity index (χ1) is 13.7. The van der Waals surface area contributed by atoms with Crippen molar-refractivity contribution >= 4 is 0 Å². The van der Waals surface area contributed by atoms with E-state index in [2.05, 4.69) is 34.3 Å². The van der Waals surface area contributed by atoms with Crippen molar-refractivity contribution in [2.24, 2.45) is 0 Å². The molecule has 0 radical (unpaired) electrons. The number of hydrogen-bond acceptors (Lipinski definition) is 6. The Morgan fingerprint density at radius 3 is 2.79 bits per heavy atom. The molecule has 0 spiro atoms. The van der Waals surface area contributed by atoms with Gasteiger partial charge in [-0.25, -0.2) is 15.0 Å². The molecule has 3 aromatic rings. The average molecular weight is 377 g/mol. The number of fused-ring (bicyclic) bond motifs is 1. The van der Waals surface area contributed by atoms with Crippen LogP contribution in [0.5, 0.6) is 0 Å². The molecule has 144 valence electrons. The summed E-state index contributed by atoms with van der Waals surface area (Å²) in [5.74, 6) is 0.790. The van der Waals surface area contributed by atoms with E-state index in [1.165, 1.54) is 12.4 Å². The quantitative estimate of drug-likeness (QED) is 0.736. The van der Waals surface area contributed by atoms with E-state index in [0.29, 0.717) is 24.5 Å². The Hall–Kier alpha value is -2.90.